The molecule has 0 fully saturated rings. The van der Waals surface area contributed by atoms with Gasteiger partial charge in [-0.2, -0.15) is 0 Å². The Hall–Kier alpha value is -3.98. The van der Waals surface area contributed by atoms with E-state index in [-0.39, 0.29) is 30.7 Å². The summed E-state index contributed by atoms with van der Waals surface area (Å²) in [4.78, 5) is 47.8. The van der Waals surface area contributed by atoms with Crippen molar-refractivity contribution in [2.45, 2.75) is 19.4 Å². The van der Waals surface area contributed by atoms with Gasteiger partial charge in [0.2, 0.25) is 11.9 Å². The summed E-state index contributed by atoms with van der Waals surface area (Å²) in [6, 6.07) is 13.8. The normalized spacial score (nSPS) is 15.3. The predicted octanol–water partition coefficient (Wildman–Crippen LogP) is 2.99. The number of hydrogen-bond acceptors (Lipinski definition) is 6. The van der Waals surface area contributed by atoms with E-state index in [1.54, 1.807) is 53.6 Å². The molecule has 0 saturated heterocycles. The van der Waals surface area contributed by atoms with E-state index in [0.717, 1.165) is 11.3 Å². The maximum absolute atomic E-state index is 12.8. The van der Waals surface area contributed by atoms with Crippen LogP contribution in [0.4, 0.5) is 0 Å². The molecule has 172 valence electrons. The average Bonchev–Trinajstić information content (AvgIpc) is 3.17. The van der Waals surface area contributed by atoms with Gasteiger partial charge in [0.15, 0.2) is 5.58 Å². The van der Waals surface area contributed by atoms with E-state index in [4.69, 9.17) is 16.0 Å². The Morgan fingerprint density at radius 1 is 1.15 bits per heavy atom. The van der Waals surface area contributed by atoms with Crippen molar-refractivity contribution in [1.82, 2.24) is 14.8 Å². The number of guanidine groups is 1. The number of oxazole rings is 1. The monoisotopic (exact) mass is 477 g/mol. The predicted molar refractivity (Wildman–Crippen MR) is 128 cm³/mol. The molecular weight excluding hydrogens is 458 g/mol. The fraction of sp³-hybridized carbons (Fsp3) is 0.208. The maximum Gasteiger partial charge on any atom is 0.419 e. The summed E-state index contributed by atoms with van der Waals surface area (Å²) in [5.74, 6) is -0.682. The first kappa shape index (κ1) is 21.8. The molecule has 34 heavy (non-hydrogen) atoms. The molecule has 0 saturated carbocycles. The fourth-order valence-corrected chi connectivity index (χ4v) is 4.13. The lowest BCUT2D eigenvalue weighted by atomic mass is 10.0. The number of aryl methyl sites for hydroxylation is 1. The van der Waals surface area contributed by atoms with E-state index >= 15 is 0 Å². The first-order valence-electron chi connectivity index (χ1n) is 10.8. The zero-order chi connectivity index (χ0) is 23.7. The van der Waals surface area contributed by atoms with Gasteiger partial charge in [-0.3, -0.25) is 19.5 Å². The highest BCUT2D eigenvalue weighted by Gasteiger charge is 2.24. The van der Waals surface area contributed by atoms with Gasteiger partial charge in [0.05, 0.1) is 17.8 Å². The molecule has 3 aromatic rings. The van der Waals surface area contributed by atoms with E-state index in [2.05, 4.69) is 15.3 Å². The third-order valence-corrected chi connectivity index (χ3v) is 5.90. The lowest BCUT2D eigenvalue weighted by Gasteiger charge is -2.27. The van der Waals surface area contributed by atoms with E-state index < -0.39 is 5.76 Å². The van der Waals surface area contributed by atoms with Crippen molar-refractivity contribution in [3.8, 4) is 0 Å². The van der Waals surface area contributed by atoms with Gasteiger partial charge in [-0.1, -0.05) is 29.8 Å². The number of carbonyl (C=O) groups is 2. The molecule has 3 heterocycles. The summed E-state index contributed by atoms with van der Waals surface area (Å²) in [7, 11) is 0. The number of aromatic nitrogens is 1. The standard InChI is InChI=1S/C24H20ClN5O4/c25-17-5-3-4-15(12-17)22(32)28-23-26-13-16-14-29(10-8-18(16)27-23)21(31)9-11-30-19-6-1-2-7-20(19)34-24(30)33/h1-7,12,14H,8-11,13H2,(H,26,28,32). The first-order valence-corrected chi connectivity index (χ1v) is 11.1. The van der Waals surface area contributed by atoms with E-state index in [9.17, 15) is 14.4 Å². The summed E-state index contributed by atoms with van der Waals surface area (Å²) >= 11 is 5.95. The Labute approximate surface area is 199 Å². The number of aliphatic imine (C=N–C) groups is 2. The third-order valence-electron chi connectivity index (χ3n) is 5.67. The molecule has 2 aliphatic rings. The number of nitrogens with one attached hydrogen (secondary N) is 1. The van der Waals surface area contributed by atoms with Crippen LogP contribution in [0.3, 0.4) is 0 Å². The van der Waals surface area contributed by atoms with Gasteiger partial charge in [-0.05, 0) is 30.3 Å². The van der Waals surface area contributed by atoms with Gasteiger partial charge >= 0.3 is 5.76 Å². The molecule has 0 unspecified atom stereocenters. The van der Waals surface area contributed by atoms with Gasteiger partial charge in [-0.15, -0.1) is 0 Å². The second-order valence-electron chi connectivity index (χ2n) is 7.89. The number of nitrogens with zero attached hydrogens (tertiary/aromatic N) is 4. The summed E-state index contributed by atoms with van der Waals surface area (Å²) in [5.41, 5.74) is 3.20. The molecule has 10 heteroatoms. The summed E-state index contributed by atoms with van der Waals surface area (Å²) in [5, 5.41) is 3.17. The Morgan fingerprint density at radius 2 is 2.00 bits per heavy atom. The number of amides is 2. The minimum absolute atomic E-state index is 0.104. The smallest absolute Gasteiger partial charge is 0.408 e. The van der Waals surface area contributed by atoms with Gasteiger partial charge in [0.25, 0.3) is 5.91 Å². The van der Waals surface area contributed by atoms with Crippen molar-refractivity contribution in [3.05, 3.63) is 81.4 Å². The van der Waals surface area contributed by atoms with Crippen LogP contribution in [0.1, 0.15) is 23.2 Å². The zero-order valence-electron chi connectivity index (χ0n) is 18.0. The quantitative estimate of drug-likeness (QED) is 0.622. The number of hydrogen-bond donors (Lipinski definition) is 1. The summed E-state index contributed by atoms with van der Waals surface area (Å²) in [6.45, 7) is 0.991. The Kier molecular flexibility index (Phi) is 5.85. The van der Waals surface area contributed by atoms with Gasteiger partial charge in [0.1, 0.15) is 0 Å². The van der Waals surface area contributed by atoms with Gasteiger partial charge < -0.3 is 9.32 Å². The van der Waals surface area contributed by atoms with Crippen LogP contribution >= 0.6 is 11.6 Å². The van der Waals surface area contributed by atoms with Crippen molar-refractivity contribution in [3.63, 3.8) is 0 Å². The molecule has 2 amide bonds. The number of fused-ring (bicyclic) bond motifs is 2. The van der Waals surface area contributed by atoms with Crippen LogP contribution < -0.4 is 11.1 Å². The molecule has 0 spiro atoms. The first-order chi connectivity index (χ1) is 16.5. The molecule has 0 aliphatic carbocycles. The summed E-state index contributed by atoms with van der Waals surface area (Å²) in [6.07, 6.45) is 2.45. The minimum Gasteiger partial charge on any atom is -0.408 e. The highest BCUT2D eigenvalue weighted by Crippen LogP contribution is 2.19. The van der Waals surface area contributed by atoms with E-state index in [1.807, 2.05) is 6.07 Å². The number of rotatable bonds is 4. The average molecular weight is 478 g/mol. The number of para-hydroxylation sites is 2. The highest BCUT2D eigenvalue weighted by atomic mass is 35.5. The van der Waals surface area contributed by atoms with Crippen molar-refractivity contribution < 1.29 is 14.0 Å². The summed E-state index contributed by atoms with van der Waals surface area (Å²) < 4.78 is 6.69. The number of benzene rings is 2. The molecule has 1 aromatic heterocycles. The van der Waals surface area contributed by atoms with Crippen LogP contribution in [0.25, 0.3) is 11.1 Å². The van der Waals surface area contributed by atoms with Crippen LogP contribution in [0.15, 0.2) is 79.5 Å². The molecule has 0 atom stereocenters. The lowest BCUT2D eigenvalue weighted by molar-refractivity contribution is -0.128. The van der Waals surface area contributed by atoms with Crippen LogP contribution in [-0.4, -0.2) is 46.0 Å². The zero-order valence-corrected chi connectivity index (χ0v) is 18.8. The molecule has 1 N–H and O–H groups in total. The molecule has 0 bridgehead atoms. The third kappa shape index (κ3) is 4.42. The van der Waals surface area contributed by atoms with Crippen LogP contribution in [-0.2, 0) is 11.3 Å². The second kappa shape index (κ2) is 9.11. The molecule has 9 nitrogen and oxygen atoms in total. The van der Waals surface area contributed by atoms with Crippen molar-refractivity contribution in [2.24, 2.45) is 9.98 Å². The molecule has 5 rings (SSSR count). The largest absolute Gasteiger partial charge is 0.419 e. The maximum atomic E-state index is 12.8. The molecule has 2 aliphatic heterocycles. The second-order valence-corrected chi connectivity index (χ2v) is 8.33. The number of carbonyl (C=O) groups excluding carboxylic acids is 2. The van der Waals surface area contributed by atoms with E-state index in [1.165, 1.54) is 4.57 Å². The van der Waals surface area contributed by atoms with Crippen LogP contribution in [0.2, 0.25) is 5.02 Å². The minimum atomic E-state index is -0.477. The van der Waals surface area contributed by atoms with Crippen molar-refractivity contribution in [1.29, 1.82) is 0 Å². The fourth-order valence-electron chi connectivity index (χ4n) is 3.94. The number of halogens is 1. The topological polar surface area (TPSA) is 109 Å². The highest BCUT2D eigenvalue weighted by molar-refractivity contribution is 6.31. The van der Waals surface area contributed by atoms with Gasteiger partial charge in [0, 0.05) is 48.3 Å². The van der Waals surface area contributed by atoms with Crippen LogP contribution in [0.5, 0.6) is 0 Å². The Morgan fingerprint density at radius 3 is 2.85 bits per heavy atom. The Bertz CT molecular complexity index is 1450. The molecule has 2 aromatic carbocycles. The molecular formula is C24H20ClN5O4. The Balaban J connectivity index is 1.22. The van der Waals surface area contributed by atoms with Crippen LogP contribution in [0, 0.1) is 0 Å². The lowest BCUT2D eigenvalue weighted by Crippen LogP contribution is -2.38. The van der Waals surface area contributed by atoms with Crippen molar-refractivity contribution in [2.75, 3.05) is 13.1 Å². The van der Waals surface area contributed by atoms with Gasteiger partial charge in [-0.25, -0.2) is 14.8 Å². The van der Waals surface area contributed by atoms with E-state index in [0.29, 0.717) is 41.2 Å². The SMILES string of the molecule is O=C(NC1=NCC2=CN(C(=O)CCn3c(=O)oc4ccccc43)CCC2=N1)c1cccc(Cl)c1. The van der Waals surface area contributed by atoms with Crippen molar-refractivity contribution >= 4 is 46.2 Å². The molecule has 0 radical (unpaired) electrons.